The third kappa shape index (κ3) is 4.93. The molecule has 0 atom stereocenters. The highest BCUT2D eigenvalue weighted by molar-refractivity contribution is 7.90. The van der Waals surface area contributed by atoms with Gasteiger partial charge in [0.15, 0.2) is 0 Å². The van der Waals surface area contributed by atoms with Gasteiger partial charge in [-0.05, 0) is 35.2 Å². The molecule has 0 unspecified atom stereocenters. The minimum Gasteiger partial charge on any atom is -0.377 e. The van der Waals surface area contributed by atoms with Gasteiger partial charge in [-0.15, -0.1) is 0 Å². The number of benzene rings is 4. The summed E-state index contributed by atoms with van der Waals surface area (Å²) in [6, 6.07) is 29.3. The number of nitrogens with one attached hydrogen (secondary N) is 1. The summed E-state index contributed by atoms with van der Waals surface area (Å²) < 4.78 is 30.5. The predicted octanol–water partition coefficient (Wildman–Crippen LogP) is 4.80. The van der Waals surface area contributed by atoms with E-state index >= 15 is 0 Å². The minimum atomic E-state index is -3.90. The molecule has 1 heterocycles. The predicted molar refractivity (Wildman–Crippen MR) is 147 cm³/mol. The summed E-state index contributed by atoms with van der Waals surface area (Å²) in [5.41, 5.74) is 4.47. The summed E-state index contributed by atoms with van der Waals surface area (Å²) in [6.45, 7) is 1.68. The van der Waals surface area contributed by atoms with Gasteiger partial charge in [0.05, 0.1) is 11.4 Å². The first-order valence-corrected chi connectivity index (χ1v) is 13.5. The van der Waals surface area contributed by atoms with Gasteiger partial charge in [0.2, 0.25) is 5.96 Å². The van der Waals surface area contributed by atoms with E-state index in [1.165, 1.54) is 11.1 Å². The van der Waals surface area contributed by atoms with E-state index in [1.807, 2.05) is 90.6 Å². The fourth-order valence-corrected chi connectivity index (χ4v) is 5.96. The van der Waals surface area contributed by atoms with Crippen LogP contribution in [0, 0.1) is 0 Å². The minimum absolute atomic E-state index is 0.244. The highest BCUT2D eigenvalue weighted by Crippen LogP contribution is 2.30. The number of hydrogen-bond donors (Lipinski definition) is 1. The molecule has 5 rings (SSSR count). The zero-order chi connectivity index (χ0) is 25.1. The topological polar surface area (TPSA) is 65.0 Å². The van der Waals surface area contributed by atoms with E-state index in [0.717, 1.165) is 23.1 Å². The zero-order valence-corrected chi connectivity index (χ0v) is 21.4. The van der Waals surface area contributed by atoms with Crippen molar-refractivity contribution >= 4 is 32.4 Å². The van der Waals surface area contributed by atoms with E-state index in [9.17, 15) is 8.42 Å². The third-order valence-corrected chi connectivity index (χ3v) is 7.93. The molecule has 0 fully saturated rings. The van der Waals surface area contributed by atoms with Crippen LogP contribution in [0.5, 0.6) is 0 Å². The highest BCUT2D eigenvalue weighted by atomic mass is 32.2. The zero-order valence-electron chi connectivity index (χ0n) is 20.6. The van der Waals surface area contributed by atoms with E-state index in [0.29, 0.717) is 31.0 Å². The Kier molecular flexibility index (Phi) is 6.65. The number of rotatable bonds is 5. The monoisotopic (exact) mass is 498 g/mol. The molecule has 0 bridgehead atoms. The molecule has 6 nitrogen and oxygen atoms in total. The molecule has 1 N–H and O–H groups in total. The third-order valence-electron chi connectivity index (χ3n) is 6.54. The van der Waals surface area contributed by atoms with Crippen molar-refractivity contribution in [2.45, 2.75) is 24.4 Å². The molecule has 0 aliphatic carbocycles. The molecule has 36 heavy (non-hydrogen) atoms. The Morgan fingerprint density at radius 3 is 2.33 bits per heavy atom. The van der Waals surface area contributed by atoms with Gasteiger partial charge in [0.25, 0.3) is 10.0 Å². The number of hydrogen-bond acceptors (Lipinski definition) is 4. The van der Waals surface area contributed by atoms with Crippen molar-refractivity contribution in [1.29, 1.82) is 0 Å². The van der Waals surface area contributed by atoms with Crippen LogP contribution in [0.2, 0.25) is 0 Å². The highest BCUT2D eigenvalue weighted by Gasteiger charge is 2.25. The lowest BCUT2D eigenvalue weighted by Gasteiger charge is -2.31. The van der Waals surface area contributed by atoms with Gasteiger partial charge < -0.3 is 9.80 Å². The molecule has 0 saturated heterocycles. The summed E-state index contributed by atoms with van der Waals surface area (Å²) in [4.78, 5) is 9.03. The van der Waals surface area contributed by atoms with Crippen LogP contribution in [0.1, 0.15) is 16.7 Å². The molecule has 1 aliphatic heterocycles. The summed E-state index contributed by atoms with van der Waals surface area (Å²) in [5.74, 6) is 0.370. The SMILES string of the molecule is CN(C)c1cccc2c(S(=O)(=O)NC(=NCc3ccccc3)N3CCc4ccccc4C3)cccc12. The largest absolute Gasteiger partial charge is 0.377 e. The van der Waals surface area contributed by atoms with Crippen LogP contribution in [-0.4, -0.2) is 39.9 Å². The van der Waals surface area contributed by atoms with Gasteiger partial charge >= 0.3 is 0 Å². The summed E-state index contributed by atoms with van der Waals surface area (Å²) >= 11 is 0. The van der Waals surface area contributed by atoms with Crippen LogP contribution >= 0.6 is 0 Å². The molecule has 7 heteroatoms. The van der Waals surface area contributed by atoms with Crippen LogP contribution < -0.4 is 9.62 Å². The van der Waals surface area contributed by atoms with Gasteiger partial charge in [-0.3, -0.25) is 0 Å². The van der Waals surface area contributed by atoms with Crippen LogP contribution in [0.3, 0.4) is 0 Å². The van der Waals surface area contributed by atoms with E-state index in [2.05, 4.69) is 16.9 Å². The van der Waals surface area contributed by atoms with E-state index in [4.69, 9.17) is 4.99 Å². The van der Waals surface area contributed by atoms with Gasteiger partial charge in [-0.1, -0.05) is 78.9 Å². The molecular weight excluding hydrogens is 468 g/mol. The average molecular weight is 499 g/mol. The standard InChI is InChI=1S/C29H30N4O2S/c1-32(2)27-16-8-15-26-25(27)14-9-17-28(26)36(34,35)31-29(30-20-22-10-4-3-5-11-22)33-19-18-23-12-6-7-13-24(23)21-33/h3-17H,18-21H2,1-2H3,(H,30,31). The molecule has 184 valence electrons. The van der Waals surface area contributed by atoms with Gasteiger partial charge in [-0.2, -0.15) is 0 Å². The first-order valence-electron chi connectivity index (χ1n) is 12.0. The summed E-state index contributed by atoms with van der Waals surface area (Å²) in [6.07, 6.45) is 0.836. The Labute approximate surface area is 213 Å². The fraction of sp³-hybridized carbons (Fsp3) is 0.207. The Balaban J connectivity index is 1.52. The molecule has 1 aliphatic rings. The lowest BCUT2D eigenvalue weighted by molar-refractivity contribution is 0.384. The van der Waals surface area contributed by atoms with Gasteiger partial charge in [-0.25, -0.2) is 18.1 Å². The van der Waals surface area contributed by atoms with Crippen LogP contribution in [0.15, 0.2) is 101 Å². The Morgan fingerprint density at radius 1 is 0.861 bits per heavy atom. The number of fused-ring (bicyclic) bond motifs is 2. The number of anilines is 1. The molecular formula is C29H30N4O2S. The smallest absolute Gasteiger partial charge is 0.264 e. The maximum absolute atomic E-state index is 13.8. The number of guanidine groups is 1. The molecule has 0 amide bonds. The maximum atomic E-state index is 13.8. The molecule has 0 aromatic heterocycles. The van der Waals surface area contributed by atoms with Crippen molar-refractivity contribution in [3.05, 3.63) is 108 Å². The van der Waals surface area contributed by atoms with E-state index in [-0.39, 0.29) is 4.90 Å². The molecule has 0 saturated carbocycles. The molecule has 0 spiro atoms. The van der Waals surface area contributed by atoms with Crippen LogP contribution in [0.4, 0.5) is 5.69 Å². The van der Waals surface area contributed by atoms with Crippen molar-refractivity contribution in [3.63, 3.8) is 0 Å². The van der Waals surface area contributed by atoms with Crippen LogP contribution in [0.25, 0.3) is 10.8 Å². The Morgan fingerprint density at radius 2 is 1.56 bits per heavy atom. The first kappa shape index (κ1) is 23.9. The van der Waals surface area contributed by atoms with Crippen molar-refractivity contribution in [2.24, 2.45) is 4.99 Å². The molecule has 4 aromatic carbocycles. The molecule has 0 radical (unpaired) electrons. The van der Waals surface area contributed by atoms with Gasteiger partial charge in [0, 0.05) is 43.6 Å². The van der Waals surface area contributed by atoms with Crippen molar-refractivity contribution in [3.8, 4) is 0 Å². The normalized spacial score (nSPS) is 13.9. The number of nitrogens with zero attached hydrogens (tertiary/aromatic N) is 3. The molecule has 4 aromatic rings. The lowest BCUT2D eigenvalue weighted by Crippen LogP contribution is -2.46. The summed E-state index contributed by atoms with van der Waals surface area (Å²) in [5, 5.41) is 1.57. The second kappa shape index (κ2) is 10.0. The van der Waals surface area contributed by atoms with Gasteiger partial charge in [0.1, 0.15) is 0 Å². The second-order valence-electron chi connectivity index (χ2n) is 9.19. The second-order valence-corrected chi connectivity index (χ2v) is 10.8. The summed E-state index contributed by atoms with van der Waals surface area (Å²) in [7, 11) is 0.00958. The van der Waals surface area contributed by atoms with E-state index in [1.54, 1.807) is 12.1 Å². The van der Waals surface area contributed by atoms with Crippen LogP contribution in [-0.2, 0) is 29.5 Å². The number of aliphatic imine (C=N–C) groups is 1. The number of sulfonamides is 1. The maximum Gasteiger partial charge on any atom is 0.264 e. The fourth-order valence-electron chi connectivity index (χ4n) is 4.69. The Hall–Kier alpha value is -3.84. The van der Waals surface area contributed by atoms with Crippen molar-refractivity contribution < 1.29 is 8.42 Å². The van der Waals surface area contributed by atoms with Crippen molar-refractivity contribution in [1.82, 2.24) is 9.62 Å². The average Bonchev–Trinajstić information content (AvgIpc) is 2.90. The van der Waals surface area contributed by atoms with Crippen molar-refractivity contribution in [2.75, 3.05) is 25.5 Å². The Bertz CT molecular complexity index is 1520. The quantitative estimate of drug-likeness (QED) is 0.317. The lowest BCUT2D eigenvalue weighted by atomic mass is 10.0. The first-order chi connectivity index (χ1) is 17.4. The van der Waals surface area contributed by atoms with E-state index < -0.39 is 10.0 Å².